The lowest BCUT2D eigenvalue weighted by molar-refractivity contribution is 0.276. The van der Waals surface area contributed by atoms with E-state index in [0.29, 0.717) is 5.69 Å². The molecule has 2 aromatic heterocycles. The lowest BCUT2D eigenvalue weighted by Crippen LogP contribution is -1.98. The molecule has 0 fully saturated rings. The maximum absolute atomic E-state index is 9.05. The molecule has 0 aliphatic carbocycles. The van der Waals surface area contributed by atoms with E-state index in [1.165, 1.54) is 0 Å². The van der Waals surface area contributed by atoms with E-state index in [-0.39, 0.29) is 6.61 Å². The quantitative estimate of drug-likeness (QED) is 0.792. The average Bonchev–Trinajstić information content (AvgIpc) is 2.86. The predicted molar refractivity (Wildman–Crippen MR) is 72.5 cm³/mol. The molecule has 3 aromatic rings. The van der Waals surface area contributed by atoms with Gasteiger partial charge in [-0.2, -0.15) is 5.10 Å². The summed E-state index contributed by atoms with van der Waals surface area (Å²) in [6.07, 6.45) is 3.59. The fraction of sp³-hybridized carbons (Fsp3) is 0.0769. The van der Waals surface area contributed by atoms with E-state index in [4.69, 9.17) is 5.11 Å². The van der Waals surface area contributed by atoms with Crippen LogP contribution in [0.3, 0.4) is 0 Å². The summed E-state index contributed by atoms with van der Waals surface area (Å²) in [5.41, 5.74) is 2.43. The Labute approximate surface area is 112 Å². The summed E-state index contributed by atoms with van der Waals surface area (Å²) >= 11 is 3.41. The number of fused-ring (bicyclic) bond motifs is 1. The molecule has 0 bridgehead atoms. The number of aliphatic hydroxyl groups excluding tert-OH is 1. The van der Waals surface area contributed by atoms with Crippen LogP contribution in [-0.4, -0.2) is 19.9 Å². The van der Waals surface area contributed by atoms with Crippen LogP contribution in [0, 0.1) is 0 Å². The van der Waals surface area contributed by atoms with Crippen molar-refractivity contribution in [3.8, 4) is 5.69 Å². The second kappa shape index (κ2) is 4.51. The van der Waals surface area contributed by atoms with E-state index >= 15 is 0 Å². The highest BCUT2D eigenvalue weighted by Crippen LogP contribution is 2.22. The number of hydrogen-bond donors (Lipinski definition) is 1. The standard InChI is InChI=1S/C13H10BrN3O/c14-10-6-9-2-1-3-12(13(9)15-7-10)17-5-4-11(8-18)16-17/h1-7,18H,8H2. The largest absolute Gasteiger partial charge is 0.390 e. The number of rotatable bonds is 2. The van der Waals surface area contributed by atoms with E-state index in [1.54, 1.807) is 16.9 Å². The van der Waals surface area contributed by atoms with Crippen molar-refractivity contribution in [3.05, 3.63) is 52.9 Å². The second-order valence-electron chi connectivity index (χ2n) is 3.91. The zero-order chi connectivity index (χ0) is 12.5. The Balaban J connectivity index is 2.22. The molecule has 0 unspecified atom stereocenters. The van der Waals surface area contributed by atoms with E-state index in [9.17, 15) is 0 Å². The van der Waals surface area contributed by atoms with Crippen LogP contribution in [0.2, 0.25) is 0 Å². The van der Waals surface area contributed by atoms with Crippen LogP contribution in [-0.2, 0) is 6.61 Å². The van der Waals surface area contributed by atoms with Gasteiger partial charge in [0.15, 0.2) is 0 Å². The van der Waals surface area contributed by atoms with Crippen LogP contribution in [0.25, 0.3) is 16.6 Å². The molecule has 2 heterocycles. The summed E-state index contributed by atoms with van der Waals surface area (Å²) in [5, 5.41) is 14.4. The number of hydrogen-bond acceptors (Lipinski definition) is 3. The molecule has 0 aliphatic rings. The summed E-state index contributed by atoms with van der Waals surface area (Å²) in [7, 11) is 0. The van der Waals surface area contributed by atoms with Gasteiger partial charge in [0.05, 0.1) is 23.5 Å². The SMILES string of the molecule is OCc1ccn(-c2cccc3cc(Br)cnc23)n1. The first-order valence-corrected chi connectivity index (χ1v) is 6.27. The molecule has 0 aliphatic heterocycles. The molecule has 0 radical (unpaired) electrons. The summed E-state index contributed by atoms with van der Waals surface area (Å²) in [6.45, 7) is -0.0588. The highest BCUT2D eigenvalue weighted by Gasteiger charge is 2.06. The zero-order valence-corrected chi connectivity index (χ0v) is 11.0. The minimum atomic E-state index is -0.0588. The number of aromatic nitrogens is 3. The molecule has 0 saturated carbocycles. The van der Waals surface area contributed by atoms with Crippen LogP contribution in [0.1, 0.15) is 5.69 Å². The van der Waals surface area contributed by atoms with Crippen molar-refractivity contribution in [3.63, 3.8) is 0 Å². The second-order valence-corrected chi connectivity index (χ2v) is 4.83. The first kappa shape index (κ1) is 11.4. The Morgan fingerprint density at radius 3 is 2.94 bits per heavy atom. The highest BCUT2D eigenvalue weighted by molar-refractivity contribution is 9.10. The lowest BCUT2D eigenvalue weighted by atomic mass is 10.2. The first-order chi connectivity index (χ1) is 8.78. The van der Waals surface area contributed by atoms with Crippen molar-refractivity contribution in [1.82, 2.24) is 14.8 Å². The summed E-state index contributed by atoms with van der Waals surface area (Å²) in [5.74, 6) is 0. The summed E-state index contributed by atoms with van der Waals surface area (Å²) < 4.78 is 2.68. The Bertz CT molecular complexity index is 708. The third-order valence-corrected chi connectivity index (χ3v) is 3.14. The van der Waals surface area contributed by atoms with Gasteiger partial charge in [0.2, 0.25) is 0 Å². The molecule has 3 rings (SSSR count). The summed E-state index contributed by atoms with van der Waals surface area (Å²) in [6, 6.07) is 9.73. The van der Waals surface area contributed by atoms with E-state index in [0.717, 1.165) is 21.1 Å². The van der Waals surface area contributed by atoms with Gasteiger partial charge in [0, 0.05) is 22.3 Å². The van der Waals surface area contributed by atoms with Crippen molar-refractivity contribution in [2.24, 2.45) is 0 Å². The maximum atomic E-state index is 9.05. The van der Waals surface area contributed by atoms with Gasteiger partial charge in [-0.25, -0.2) is 4.68 Å². The van der Waals surface area contributed by atoms with Gasteiger partial charge < -0.3 is 5.11 Å². The van der Waals surface area contributed by atoms with E-state index in [2.05, 4.69) is 26.0 Å². The number of nitrogens with zero attached hydrogens (tertiary/aromatic N) is 3. The molecular weight excluding hydrogens is 294 g/mol. The van der Waals surface area contributed by atoms with Crippen LogP contribution >= 0.6 is 15.9 Å². The normalized spacial score (nSPS) is 11.0. The van der Waals surface area contributed by atoms with Gasteiger partial charge >= 0.3 is 0 Å². The molecule has 5 heteroatoms. The van der Waals surface area contributed by atoms with Gasteiger partial charge in [0.1, 0.15) is 0 Å². The highest BCUT2D eigenvalue weighted by atomic mass is 79.9. The zero-order valence-electron chi connectivity index (χ0n) is 9.42. The van der Waals surface area contributed by atoms with Gasteiger partial charge in [0.25, 0.3) is 0 Å². The lowest BCUT2D eigenvalue weighted by Gasteiger charge is -2.05. The molecule has 1 aromatic carbocycles. The fourth-order valence-electron chi connectivity index (χ4n) is 1.88. The van der Waals surface area contributed by atoms with Crippen molar-refractivity contribution < 1.29 is 5.11 Å². The summed E-state index contributed by atoms with van der Waals surface area (Å²) in [4.78, 5) is 4.42. The molecule has 0 saturated heterocycles. The fourth-order valence-corrected chi connectivity index (χ4v) is 2.23. The third-order valence-electron chi connectivity index (χ3n) is 2.71. The molecule has 1 N–H and O–H groups in total. The molecule has 0 atom stereocenters. The van der Waals surface area contributed by atoms with Gasteiger partial charge in [-0.1, -0.05) is 12.1 Å². The van der Waals surface area contributed by atoms with Gasteiger partial charge in [-0.15, -0.1) is 0 Å². The van der Waals surface area contributed by atoms with Crippen LogP contribution in [0.5, 0.6) is 0 Å². The molecular formula is C13H10BrN3O. The molecule has 4 nitrogen and oxygen atoms in total. The molecule has 0 amide bonds. The molecule has 18 heavy (non-hydrogen) atoms. The van der Waals surface area contributed by atoms with Crippen molar-refractivity contribution in [1.29, 1.82) is 0 Å². The topological polar surface area (TPSA) is 50.9 Å². The monoisotopic (exact) mass is 303 g/mol. The minimum Gasteiger partial charge on any atom is -0.390 e. The number of pyridine rings is 1. The van der Waals surface area contributed by atoms with Crippen LogP contribution < -0.4 is 0 Å². The van der Waals surface area contributed by atoms with E-state index < -0.39 is 0 Å². The first-order valence-electron chi connectivity index (χ1n) is 5.48. The van der Waals surface area contributed by atoms with Crippen molar-refractivity contribution >= 4 is 26.8 Å². The van der Waals surface area contributed by atoms with Gasteiger partial charge in [-0.05, 0) is 34.1 Å². The molecule has 90 valence electrons. The van der Waals surface area contributed by atoms with Crippen molar-refractivity contribution in [2.75, 3.05) is 0 Å². The number of para-hydroxylation sites is 1. The minimum absolute atomic E-state index is 0.0588. The Kier molecular flexibility index (Phi) is 2.85. The smallest absolute Gasteiger partial charge is 0.0959 e. The van der Waals surface area contributed by atoms with Gasteiger partial charge in [-0.3, -0.25) is 4.98 Å². The Morgan fingerprint density at radius 2 is 2.17 bits per heavy atom. The average molecular weight is 304 g/mol. The van der Waals surface area contributed by atoms with Crippen molar-refractivity contribution in [2.45, 2.75) is 6.61 Å². The number of benzene rings is 1. The Morgan fingerprint density at radius 1 is 1.28 bits per heavy atom. The van der Waals surface area contributed by atoms with E-state index in [1.807, 2.05) is 30.5 Å². The molecule has 0 spiro atoms. The predicted octanol–water partition coefficient (Wildman–Crippen LogP) is 2.68. The number of aliphatic hydroxyl groups is 1. The maximum Gasteiger partial charge on any atom is 0.0959 e. The van der Waals surface area contributed by atoms with Crippen LogP contribution in [0.15, 0.2) is 47.2 Å². The Hall–Kier alpha value is -1.72. The third kappa shape index (κ3) is 1.91. The van der Waals surface area contributed by atoms with Crippen LogP contribution in [0.4, 0.5) is 0 Å². The number of halogens is 1.